The van der Waals surface area contributed by atoms with E-state index in [1.54, 1.807) is 7.11 Å². The van der Waals surface area contributed by atoms with Gasteiger partial charge in [-0.1, -0.05) is 54.6 Å². The molecule has 4 heteroatoms. The first kappa shape index (κ1) is 17.2. The van der Waals surface area contributed by atoms with Crippen LogP contribution in [0.1, 0.15) is 16.7 Å². The van der Waals surface area contributed by atoms with E-state index in [1.165, 1.54) is 0 Å². The zero-order chi connectivity index (χ0) is 18.6. The van der Waals surface area contributed by atoms with Gasteiger partial charge in [0.25, 0.3) is 0 Å². The number of hydrogen-bond acceptors (Lipinski definition) is 4. The number of hydrogen-bond donors (Lipinski definition) is 1. The molecule has 0 saturated carbocycles. The molecule has 3 aromatic carbocycles. The molecule has 0 saturated heterocycles. The lowest BCUT2D eigenvalue weighted by atomic mass is 9.99. The minimum Gasteiger partial charge on any atom is -0.493 e. The van der Waals surface area contributed by atoms with E-state index in [9.17, 15) is 5.11 Å². The second kappa shape index (κ2) is 7.56. The molecule has 1 aliphatic rings. The van der Waals surface area contributed by atoms with Gasteiger partial charge in [-0.25, -0.2) is 0 Å². The largest absolute Gasteiger partial charge is 0.493 e. The molecule has 1 aliphatic heterocycles. The molecule has 0 fully saturated rings. The predicted octanol–water partition coefficient (Wildman–Crippen LogP) is 4.53. The molecule has 27 heavy (non-hydrogen) atoms. The molecular weight excluding hydrogens is 340 g/mol. The van der Waals surface area contributed by atoms with Gasteiger partial charge >= 0.3 is 0 Å². The summed E-state index contributed by atoms with van der Waals surface area (Å²) in [6.45, 7) is 0.516. The van der Waals surface area contributed by atoms with Gasteiger partial charge in [0.15, 0.2) is 11.5 Å². The van der Waals surface area contributed by atoms with Crippen molar-refractivity contribution >= 4 is 11.6 Å². The van der Waals surface area contributed by atoms with Gasteiger partial charge in [0.1, 0.15) is 12.4 Å². The summed E-state index contributed by atoms with van der Waals surface area (Å²) in [5, 5.41) is 10.4. The van der Waals surface area contributed by atoms with Crippen molar-refractivity contribution in [3.63, 3.8) is 0 Å². The monoisotopic (exact) mass is 360 g/mol. The van der Waals surface area contributed by atoms with E-state index >= 15 is 0 Å². The summed E-state index contributed by atoms with van der Waals surface area (Å²) in [6.07, 6.45) is 0.871. The molecule has 1 unspecified atom stereocenters. The van der Waals surface area contributed by atoms with Gasteiger partial charge in [0.2, 0.25) is 6.29 Å². The van der Waals surface area contributed by atoms with Gasteiger partial charge in [0, 0.05) is 11.1 Å². The Morgan fingerprint density at radius 3 is 2.44 bits per heavy atom. The Kier molecular flexibility index (Phi) is 4.81. The Morgan fingerprint density at radius 1 is 0.926 bits per heavy atom. The number of ether oxygens (including phenoxy) is 3. The molecule has 3 aromatic rings. The normalized spacial score (nSPS) is 15.3. The van der Waals surface area contributed by atoms with Crippen LogP contribution in [0, 0.1) is 0 Å². The average Bonchev–Trinajstić information content (AvgIpc) is 2.72. The molecule has 0 aromatic heterocycles. The van der Waals surface area contributed by atoms with Crippen LogP contribution in [-0.4, -0.2) is 18.5 Å². The van der Waals surface area contributed by atoms with Crippen molar-refractivity contribution < 1.29 is 19.3 Å². The summed E-state index contributed by atoms with van der Waals surface area (Å²) < 4.78 is 16.8. The maximum Gasteiger partial charge on any atom is 0.225 e. The number of methoxy groups -OCH3 is 1. The Hall–Kier alpha value is -3.24. The van der Waals surface area contributed by atoms with Crippen LogP contribution in [-0.2, 0) is 6.61 Å². The van der Waals surface area contributed by atoms with Crippen LogP contribution in [0.5, 0.6) is 17.2 Å². The van der Waals surface area contributed by atoms with Crippen molar-refractivity contribution in [2.24, 2.45) is 0 Å². The highest BCUT2D eigenvalue weighted by molar-refractivity contribution is 5.87. The maximum absolute atomic E-state index is 10.4. The lowest BCUT2D eigenvalue weighted by Crippen LogP contribution is -2.21. The summed E-state index contributed by atoms with van der Waals surface area (Å²) in [4.78, 5) is 0. The molecule has 1 heterocycles. The summed E-state index contributed by atoms with van der Waals surface area (Å²) in [7, 11) is 1.58. The van der Waals surface area contributed by atoms with Crippen LogP contribution in [0.25, 0.3) is 11.6 Å². The number of fused-ring (bicyclic) bond motifs is 1. The number of rotatable bonds is 5. The van der Waals surface area contributed by atoms with Crippen molar-refractivity contribution in [2.45, 2.75) is 12.9 Å². The van der Waals surface area contributed by atoms with Crippen molar-refractivity contribution in [3.8, 4) is 17.2 Å². The number of aliphatic hydroxyl groups excluding tert-OH is 1. The summed E-state index contributed by atoms with van der Waals surface area (Å²) in [5.74, 6) is 1.93. The predicted molar refractivity (Wildman–Crippen MR) is 105 cm³/mol. The molecular formula is C23H20O4. The van der Waals surface area contributed by atoms with Crippen LogP contribution in [0.15, 0.2) is 72.8 Å². The lowest BCUT2D eigenvalue weighted by molar-refractivity contribution is 0.0298. The fourth-order valence-corrected chi connectivity index (χ4v) is 3.06. The highest BCUT2D eigenvalue weighted by atomic mass is 16.6. The third-order valence-electron chi connectivity index (χ3n) is 4.47. The van der Waals surface area contributed by atoms with E-state index < -0.39 is 6.29 Å². The SMILES string of the molecule is COc1cccc2c1OC(O)C(c1ccc(OCc3ccccc3)cc1)=C2. The van der Waals surface area contributed by atoms with E-state index in [-0.39, 0.29) is 0 Å². The minimum absolute atomic E-state index is 0.516. The molecule has 0 radical (unpaired) electrons. The Morgan fingerprint density at radius 2 is 1.70 bits per heavy atom. The molecule has 0 amide bonds. The van der Waals surface area contributed by atoms with Gasteiger partial charge < -0.3 is 19.3 Å². The van der Waals surface area contributed by atoms with Gasteiger partial charge in [-0.2, -0.15) is 0 Å². The standard InChI is InChI=1S/C23H20O4/c1-25-21-9-5-8-18-14-20(23(24)27-22(18)21)17-10-12-19(13-11-17)26-15-16-6-3-2-4-7-16/h2-14,23-24H,15H2,1H3. The zero-order valence-electron chi connectivity index (χ0n) is 15.0. The Labute approximate surface area is 158 Å². The topological polar surface area (TPSA) is 47.9 Å². The van der Waals surface area contributed by atoms with Crippen LogP contribution >= 0.6 is 0 Å². The van der Waals surface area contributed by atoms with Crippen molar-refractivity contribution in [1.82, 2.24) is 0 Å². The summed E-state index contributed by atoms with van der Waals surface area (Å²) in [5.41, 5.74) is 3.57. The smallest absolute Gasteiger partial charge is 0.225 e. The van der Waals surface area contributed by atoms with E-state index in [2.05, 4.69) is 0 Å². The first-order valence-electron chi connectivity index (χ1n) is 8.75. The van der Waals surface area contributed by atoms with Crippen molar-refractivity contribution in [1.29, 1.82) is 0 Å². The molecule has 4 nitrogen and oxygen atoms in total. The Bertz CT molecular complexity index is 946. The number of aliphatic hydroxyl groups is 1. The third kappa shape index (κ3) is 3.66. The molecule has 1 atom stereocenters. The second-order valence-corrected chi connectivity index (χ2v) is 6.25. The number of para-hydroxylation sites is 1. The van der Waals surface area contributed by atoms with E-state index in [0.29, 0.717) is 23.7 Å². The summed E-state index contributed by atoms with van der Waals surface area (Å²) >= 11 is 0. The first-order valence-corrected chi connectivity index (χ1v) is 8.75. The van der Waals surface area contributed by atoms with E-state index in [1.807, 2.05) is 78.9 Å². The van der Waals surface area contributed by atoms with Gasteiger partial charge in [-0.15, -0.1) is 0 Å². The quantitative estimate of drug-likeness (QED) is 0.726. The molecule has 0 bridgehead atoms. The van der Waals surface area contributed by atoms with Gasteiger partial charge in [-0.3, -0.25) is 0 Å². The molecule has 0 spiro atoms. The van der Waals surface area contributed by atoms with Gasteiger partial charge in [0.05, 0.1) is 7.11 Å². The number of benzene rings is 3. The lowest BCUT2D eigenvalue weighted by Gasteiger charge is -2.25. The van der Waals surface area contributed by atoms with Crippen LogP contribution in [0.4, 0.5) is 0 Å². The molecule has 0 aliphatic carbocycles. The molecule has 136 valence electrons. The molecule has 4 rings (SSSR count). The summed E-state index contributed by atoms with van der Waals surface area (Å²) in [6, 6.07) is 23.3. The van der Waals surface area contributed by atoms with Crippen LogP contribution in [0.3, 0.4) is 0 Å². The average molecular weight is 360 g/mol. The fourth-order valence-electron chi connectivity index (χ4n) is 3.06. The van der Waals surface area contributed by atoms with Crippen molar-refractivity contribution in [2.75, 3.05) is 7.11 Å². The maximum atomic E-state index is 10.4. The molecule has 1 N–H and O–H groups in total. The third-order valence-corrected chi connectivity index (χ3v) is 4.47. The fraction of sp³-hybridized carbons (Fsp3) is 0.130. The van der Waals surface area contributed by atoms with Crippen LogP contribution < -0.4 is 14.2 Å². The van der Waals surface area contributed by atoms with Crippen LogP contribution in [0.2, 0.25) is 0 Å². The second-order valence-electron chi connectivity index (χ2n) is 6.25. The van der Waals surface area contributed by atoms with Gasteiger partial charge in [-0.05, 0) is 35.4 Å². The first-order chi connectivity index (χ1) is 13.2. The minimum atomic E-state index is -1.05. The highest BCUT2D eigenvalue weighted by Gasteiger charge is 2.24. The van der Waals surface area contributed by atoms with E-state index in [4.69, 9.17) is 14.2 Å². The Balaban J connectivity index is 1.53. The van der Waals surface area contributed by atoms with E-state index in [0.717, 1.165) is 22.4 Å². The highest BCUT2D eigenvalue weighted by Crippen LogP contribution is 2.39. The zero-order valence-corrected chi connectivity index (χ0v) is 15.0. The van der Waals surface area contributed by atoms with Crippen molar-refractivity contribution in [3.05, 3.63) is 89.5 Å².